The first-order valence-electron chi connectivity index (χ1n) is 9.47. The van der Waals surface area contributed by atoms with Crippen molar-refractivity contribution < 1.29 is 8.42 Å². The van der Waals surface area contributed by atoms with Gasteiger partial charge in [0.25, 0.3) is 10.0 Å². The summed E-state index contributed by atoms with van der Waals surface area (Å²) in [6, 6.07) is 3.65. The average molecular weight is 377 g/mol. The predicted molar refractivity (Wildman–Crippen MR) is 109 cm³/mol. The quantitative estimate of drug-likeness (QED) is 0.674. The van der Waals surface area contributed by atoms with Gasteiger partial charge in [-0.3, -0.25) is 0 Å². The largest absolute Gasteiger partial charge is 0.311 e. The van der Waals surface area contributed by atoms with E-state index in [-0.39, 0.29) is 4.91 Å². The van der Waals surface area contributed by atoms with Crippen LogP contribution in [0.2, 0.25) is 0 Å². The zero-order valence-electron chi connectivity index (χ0n) is 16.2. The van der Waals surface area contributed by atoms with Gasteiger partial charge in [-0.15, -0.1) is 0 Å². The molecular weight excluding hydrogens is 344 g/mol. The molecule has 0 aliphatic heterocycles. The Morgan fingerprint density at radius 2 is 2.00 bits per heavy atom. The molecule has 1 saturated carbocycles. The summed E-state index contributed by atoms with van der Waals surface area (Å²) in [4.78, 5) is 0.277. The minimum atomic E-state index is -3.59. The van der Waals surface area contributed by atoms with Crippen molar-refractivity contribution in [3.8, 4) is 0 Å². The van der Waals surface area contributed by atoms with E-state index in [0.29, 0.717) is 12.5 Å². The normalized spacial score (nSPS) is 22.0. The highest BCUT2D eigenvalue weighted by Gasteiger charge is 2.21. The van der Waals surface area contributed by atoms with Crippen LogP contribution in [0.3, 0.4) is 0 Å². The maximum absolute atomic E-state index is 12.9. The second-order valence-corrected chi connectivity index (χ2v) is 9.24. The van der Waals surface area contributed by atoms with E-state index < -0.39 is 10.0 Å². The molecule has 1 heterocycles. The van der Waals surface area contributed by atoms with Gasteiger partial charge in [-0.1, -0.05) is 44.1 Å². The standard InChI is InChI=1S/C21H32N2O2S/c1-5-21(13-8-17(2)3)26(24,25)23-14-6-7-20(23)16-22-15-19-11-9-18(4)10-12-19/h5-8,13-14,18-19,22H,2,9-12,15-16H2,1,3-4H3/b13-8-,21-5+. The van der Waals surface area contributed by atoms with Crippen LogP contribution in [0.5, 0.6) is 0 Å². The summed E-state index contributed by atoms with van der Waals surface area (Å²) in [6.45, 7) is 11.2. The van der Waals surface area contributed by atoms with E-state index in [1.54, 1.807) is 37.4 Å². The Bertz CT molecular complexity index is 764. The highest BCUT2D eigenvalue weighted by Crippen LogP contribution is 2.27. The maximum atomic E-state index is 12.9. The van der Waals surface area contributed by atoms with Gasteiger partial charge in [0.1, 0.15) is 0 Å². The van der Waals surface area contributed by atoms with Crippen LogP contribution in [-0.4, -0.2) is 18.9 Å². The van der Waals surface area contributed by atoms with Crippen LogP contribution in [0.1, 0.15) is 52.1 Å². The molecule has 1 aromatic rings. The highest BCUT2D eigenvalue weighted by atomic mass is 32.2. The van der Waals surface area contributed by atoms with Crippen molar-refractivity contribution in [3.05, 3.63) is 59.3 Å². The van der Waals surface area contributed by atoms with E-state index >= 15 is 0 Å². The fourth-order valence-corrected chi connectivity index (χ4v) is 4.81. The number of nitrogens with zero attached hydrogens (tertiary/aromatic N) is 1. The lowest BCUT2D eigenvalue weighted by atomic mass is 9.83. The van der Waals surface area contributed by atoms with E-state index in [1.807, 2.05) is 13.0 Å². The SMILES string of the molecule is C=C(C)/C=C\C(=C/C)S(=O)(=O)n1cccc1CNCC1CCC(C)CC1. The van der Waals surface area contributed by atoms with Crippen LogP contribution in [0, 0.1) is 11.8 Å². The molecule has 0 unspecified atom stereocenters. The molecule has 1 N–H and O–H groups in total. The van der Waals surface area contributed by atoms with Gasteiger partial charge < -0.3 is 5.32 Å². The Balaban J connectivity index is 2.03. The summed E-state index contributed by atoms with van der Waals surface area (Å²) in [6.07, 6.45) is 11.7. The number of nitrogens with one attached hydrogen (secondary N) is 1. The Morgan fingerprint density at radius 1 is 1.31 bits per heavy atom. The van der Waals surface area contributed by atoms with Crippen molar-refractivity contribution in [1.29, 1.82) is 0 Å². The van der Waals surface area contributed by atoms with Gasteiger partial charge >= 0.3 is 0 Å². The molecule has 0 spiro atoms. The fraction of sp³-hybridized carbons (Fsp3) is 0.524. The van der Waals surface area contributed by atoms with E-state index in [0.717, 1.165) is 23.7 Å². The van der Waals surface area contributed by atoms with Crippen molar-refractivity contribution in [3.63, 3.8) is 0 Å². The number of hydrogen-bond donors (Lipinski definition) is 1. The molecular formula is C21H32N2O2S. The molecule has 5 heteroatoms. The lowest BCUT2D eigenvalue weighted by Crippen LogP contribution is -2.27. The smallest absolute Gasteiger partial charge is 0.267 e. The molecule has 1 aliphatic rings. The summed E-state index contributed by atoms with van der Waals surface area (Å²) in [5.74, 6) is 1.55. The number of hydrogen-bond acceptors (Lipinski definition) is 3. The zero-order valence-corrected chi connectivity index (χ0v) is 17.1. The second-order valence-electron chi connectivity index (χ2n) is 7.43. The summed E-state index contributed by atoms with van der Waals surface area (Å²) >= 11 is 0. The summed E-state index contributed by atoms with van der Waals surface area (Å²) in [7, 11) is -3.59. The molecule has 0 aromatic carbocycles. The third-order valence-corrected chi connectivity index (χ3v) is 6.88. The Morgan fingerprint density at radius 3 is 2.62 bits per heavy atom. The lowest BCUT2D eigenvalue weighted by Gasteiger charge is -2.26. The minimum absolute atomic E-state index is 0.277. The zero-order chi connectivity index (χ0) is 19.2. The number of rotatable bonds is 8. The van der Waals surface area contributed by atoms with Gasteiger partial charge in [0, 0.05) is 18.4 Å². The van der Waals surface area contributed by atoms with Crippen molar-refractivity contribution in [2.45, 2.75) is 53.0 Å². The van der Waals surface area contributed by atoms with E-state index in [1.165, 1.54) is 29.7 Å². The summed E-state index contributed by atoms with van der Waals surface area (Å²) in [5.41, 5.74) is 1.58. The summed E-state index contributed by atoms with van der Waals surface area (Å²) < 4.78 is 27.3. The molecule has 4 nitrogen and oxygen atoms in total. The fourth-order valence-electron chi connectivity index (χ4n) is 3.38. The molecule has 144 valence electrons. The number of allylic oxidation sites excluding steroid dienone is 4. The monoisotopic (exact) mass is 376 g/mol. The third-order valence-electron chi connectivity index (χ3n) is 5.04. The molecule has 26 heavy (non-hydrogen) atoms. The van der Waals surface area contributed by atoms with Crippen LogP contribution in [0.4, 0.5) is 0 Å². The molecule has 1 aliphatic carbocycles. The van der Waals surface area contributed by atoms with E-state index in [4.69, 9.17) is 0 Å². The van der Waals surface area contributed by atoms with Gasteiger partial charge in [0.05, 0.1) is 4.91 Å². The maximum Gasteiger partial charge on any atom is 0.267 e. The lowest BCUT2D eigenvalue weighted by molar-refractivity contribution is 0.281. The molecule has 2 rings (SSSR count). The summed E-state index contributed by atoms with van der Waals surface area (Å²) in [5, 5.41) is 3.46. The van der Waals surface area contributed by atoms with Gasteiger partial charge in [-0.2, -0.15) is 0 Å². The van der Waals surface area contributed by atoms with E-state index in [9.17, 15) is 8.42 Å². The molecule has 1 fully saturated rings. The molecule has 0 atom stereocenters. The third kappa shape index (κ3) is 5.45. The van der Waals surface area contributed by atoms with Crippen LogP contribution in [0.25, 0.3) is 0 Å². The predicted octanol–water partition coefficient (Wildman–Crippen LogP) is 4.62. The Kier molecular flexibility index (Phi) is 7.47. The first-order valence-corrected chi connectivity index (χ1v) is 10.9. The van der Waals surface area contributed by atoms with E-state index in [2.05, 4.69) is 18.8 Å². The van der Waals surface area contributed by atoms with Crippen LogP contribution < -0.4 is 5.32 Å². The average Bonchev–Trinajstić information content (AvgIpc) is 3.06. The van der Waals surface area contributed by atoms with Crippen molar-refractivity contribution in [2.75, 3.05) is 6.54 Å². The van der Waals surface area contributed by atoms with Gasteiger partial charge in [0.15, 0.2) is 0 Å². The van der Waals surface area contributed by atoms with Crippen molar-refractivity contribution in [2.24, 2.45) is 11.8 Å². The molecule has 0 radical (unpaired) electrons. The molecule has 0 saturated heterocycles. The van der Waals surface area contributed by atoms with Crippen LogP contribution >= 0.6 is 0 Å². The van der Waals surface area contributed by atoms with Gasteiger partial charge in [0.2, 0.25) is 0 Å². The molecule has 1 aromatic heterocycles. The van der Waals surface area contributed by atoms with Gasteiger partial charge in [-0.25, -0.2) is 12.4 Å². The second kappa shape index (κ2) is 9.38. The molecule has 0 amide bonds. The highest BCUT2D eigenvalue weighted by molar-refractivity contribution is 7.94. The van der Waals surface area contributed by atoms with Gasteiger partial charge in [-0.05, 0) is 63.3 Å². The van der Waals surface area contributed by atoms with Crippen LogP contribution in [-0.2, 0) is 16.6 Å². The Hall–Kier alpha value is -1.59. The van der Waals surface area contributed by atoms with Crippen molar-refractivity contribution >= 4 is 10.0 Å². The first kappa shape index (κ1) is 20.7. The first-order chi connectivity index (χ1) is 12.3. The van der Waals surface area contributed by atoms with Crippen LogP contribution in [0.15, 0.2) is 53.6 Å². The Labute approximate surface area is 158 Å². The molecule has 0 bridgehead atoms. The minimum Gasteiger partial charge on any atom is -0.311 e. The van der Waals surface area contributed by atoms with Crippen molar-refractivity contribution in [1.82, 2.24) is 9.29 Å². The number of aromatic nitrogens is 1. The topological polar surface area (TPSA) is 51.1 Å².